The molecular weight excluding hydrogens is 419 g/mol. The molecule has 6 heteroatoms. The lowest BCUT2D eigenvalue weighted by molar-refractivity contribution is 0.116. The Morgan fingerprint density at radius 1 is 0.848 bits per heavy atom. The Morgan fingerprint density at radius 2 is 1.58 bits per heavy atom. The van der Waals surface area contributed by atoms with Crippen LogP contribution in [0.5, 0.6) is 11.5 Å². The van der Waals surface area contributed by atoms with E-state index in [1.807, 2.05) is 24.3 Å². The molecular formula is C27H29FN2O3. The topological polar surface area (TPSA) is 43.7 Å². The maximum absolute atomic E-state index is 13.0. The smallest absolute Gasteiger partial charge is 0.258 e. The molecule has 2 aliphatic rings. The SMILES string of the molecule is O=c1cc(OCc2ccc(F)cc2)ccn1-c1ccc(OCCN2C3CCCC2CC3)cc1. The molecule has 5 rings (SSSR count). The minimum absolute atomic E-state index is 0.180. The van der Waals surface area contributed by atoms with Crippen molar-refractivity contribution >= 4 is 0 Å². The summed E-state index contributed by atoms with van der Waals surface area (Å²) in [5.74, 6) is 1.01. The van der Waals surface area contributed by atoms with E-state index in [9.17, 15) is 9.18 Å². The van der Waals surface area contributed by atoms with Crippen LogP contribution in [0.1, 0.15) is 37.7 Å². The minimum Gasteiger partial charge on any atom is -0.492 e. The number of piperidine rings is 1. The van der Waals surface area contributed by atoms with Gasteiger partial charge in [0.1, 0.15) is 30.5 Å². The van der Waals surface area contributed by atoms with Gasteiger partial charge in [-0.2, -0.15) is 0 Å². The van der Waals surface area contributed by atoms with E-state index in [1.54, 1.807) is 29.0 Å². The molecule has 172 valence electrons. The Labute approximate surface area is 193 Å². The van der Waals surface area contributed by atoms with Gasteiger partial charge in [-0.3, -0.25) is 14.3 Å². The molecule has 0 saturated carbocycles. The summed E-state index contributed by atoms with van der Waals surface area (Å²) in [7, 11) is 0. The quantitative estimate of drug-likeness (QED) is 0.489. The van der Waals surface area contributed by atoms with Crippen LogP contribution in [0.4, 0.5) is 4.39 Å². The molecule has 2 bridgehead atoms. The van der Waals surface area contributed by atoms with Crippen molar-refractivity contribution in [3.05, 3.63) is 88.6 Å². The predicted molar refractivity (Wildman–Crippen MR) is 126 cm³/mol. The lowest BCUT2D eigenvalue weighted by Crippen LogP contribution is -2.41. The van der Waals surface area contributed by atoms with Gasteiger partial charge in [-0.25, -0.2) is 4.39 Å². The van der Waals surface area contributed by atoms with Gasteiger partial charge >= 0.3 is 0 Å². The lowest BCUT2D eigenvalue weighted by Gasteiger charge is -2.34. The summed E-state index contributed by atoms with van der Waals surface area (Å²) in [6, 6.07) is 18.4. The monoisotopic (exact) mass is 448 g/mol. The molecule has 33 heavy (non-hydrogen) atoms. The maximum atomic E-state index is 13.0. The first-order chi connectivity index (χ1) is 16.2. The fourth-order valence-electron chi connectivity index (χ4n) is 5.07. The van der Waals surface area contributed by atoms with E-state index in [0.717, 1.165) is 35.6 Å². The number of benzene rings is 2. The molecule has 5 nitrogen and oxygen atoms in total. The third-order valence-corrected chi connectivity index (χ3v) is 6.79. The Hall–Kier alpha value is -3.12. The summed E-state index contributed by atoms with van der Waals surface area (Å²) in [5, 5.41) is 0. The van der Waals surface area contributed by atoms with Crippen molar-refractivity contribution in [2.24, 2.45) is 0 Å². The summed E-state index contributed by atoms with van der Waals surface area (Å²) in [5.41, 5.74) is 1.43. The number of nitrogens with zero attached hydrogens (tertiary/aromatic N) is 2. The standard InChI is InChI=1S/C27H29FN2O3/c28-21-6-4-20(5-7-21)19-33-26-14-15-30(27(31)18-26)24-10-12-25(13-11-24)32-17-16-29-22-2-1-3-23(29)9-8-22/h4-7,10-15,18,22-23H,1-3,8-9,16-17,19H2. The van der Waals surface area contributed by atoms with Crippen molar-refractivity contribution in [1.29, 1.82) is 0 Å². The first-order valence-corrected chi connectivity index (χ1v) is 11.7. The number of ether oxygens (including phenoxy) is 2. The second-order valence-electron chi connectivity index (χ2n) is 8.88. The summed E-state index contributed by atoms with van der Waals surface area (Å²) >= 11 is 0. The molecule has 0 aliphatic carbocycles. The Morgan fingerprint density at radius 3 is 2.27 bits per heavy atom. The number of fused-ring (bicyclic) bond motifs is 2. The van der Waals surface area contributed by atoms with E-state index in [-0.39, 0.29) is 18.0 Å². The van der Waals surface area contributed by atoms with Crippen LogP contribution in [0.2, 0.25) is 0 Å². The highest BCUT2D eigenvalue weighted by atomic mass is 19.1. The van der Waals surface area contributed by atoms with Crippen molar-refractivity contribution in [3.8, 4) is 17.2 Å². The van der Waals surface area contributed by atoms with Crippen molar-refractivity contribution in [3.63, 3.8) is 0 Å². The van der Waals surface area contributed by atoms with Crippen molar-refractivity contribution in [2.75, 3.05) is 13.2 Å². The molecule has 0 N–H and O–H groups in total. The van der Waals surface area contributed by atoms with Gasteiger partial charge in [0, 0.05) is 36.6 Å². The van der Waals surface area contributed by atoms with E-state index in [0.29, 0.717) is 12.4 Å². The van der Waals surface area contributed by atoms with Crippen molar-refractivity contribution in [1.82, 2.24) is 9.47 Å². The number of aromatic nitrogens is 1. The second-order valence-corrected chi connectivity index (χ2v) is 8.88. The van der Waals surface area contributed by atoms with E-state index in [1.165, 1.54) is 50.3 Å². The molecule has 0 radical (unpaired) electrons. The summed E-state index contributed by atoms with van der Waals surface area (Å²) in [6.07, 6.45) is 8.40. The molecule has 1 aromatic heterocycles. The highest BCUT2D eigenvalue weighted by molar-refractivity contribution is 5.38. The zero-order valence-corrected chi connectivity index (χ0v) is 18.7. The first kappa shape index (κ1) is 21.7. The van der Waals surface area contributed by atoms with Crippen molar-refractivity contribution in [2.45, 2.75) is 50.8 Å². The summed E-state index contributed by atoms with van der Waals surface area (Å²) < 4.78 is 26.2. The number of rotatable bonds is 8. The van der Waals surface area contributed by atoms with Gasteiger partial charge < -0.3 is 9.47 Å². The fraction of sp³-hybridized carbons (Fsp3) is 0.370. The summed E-state index contributed by atoms with van der Waals surface area (Å²) in [6.45, 7) is 1.94. The van der Waals surface area contributed by atoms with Crippen LogP contribution in [0.15, 0.2) is 71.7 Å². The molecule has 3 heterocycles. The Balaban J connectivity index is 1.15. The zero-order valence-electron chi connectivity index (χ0n) is 18.7. The minimum atomic E-state index is -0.285. The van der Waals surface area contributed by atoms with Crippen LogP contribution in [0, 0.1) is 5.82 Å². The highest BCUT2D eigenvalue weighted by Gasteiger charge is 2.35. The van der Waals surface area contributed by atoms with Crippen LogP contribution >= 0.6 is 0 Å². The lowest BCUT2D eigenvalue weighted by atomic mass is 10.0. The van der Waals surface area contributed by atoms with Gasteiger partial charge in [0.2, 0.25) is 0 Å². The van der Waals surface area contributed by atoms with Gasteiger partial charge in [-0.1, -0.05) is 18.6 Å². The van der Waals surface area contributed by atoms with Gasteiger partial charge in [-0.05, 0) is 73.7 Å². The zero-order chi connectivity index (χ0) is 22.6. The molecule has 2 aromatic carbocycles. The molecule has 0 amide bonds. The average Bonchev–Trinajstić information content (AvgIpc) is 3.05. The van der Waals surface area contributed by atoms with E-state index < -0.39 is 0 Å². The van der Waals surface area contributed by atoms with Gasteiger partial charge in [0.05, 0.1) is 0 Å². The fourth-order valence-corrected chi connectivity index (χ4v) is 5.07. The molecule has 2 unspecified atom stereocenters. The van der Waals surface area contributed by atoms with Crippen LogP contribution in [0.25, 0.3) is 5.69 Å². The molecule has 0 spiro atoms. The number of pyridine rings is 1. The van der Waals surface area contributed by atoms with E-state index >= 15 is 0 Å². The third-order valence-electron chi connectivity index (χ3n) is 6.79. The van der Waals surface area contributed by atoms with Gasteiger partial charge in [0.15, 0.2) is 0 Å². The molecule has 2 fully saturated rings. The highest BCUT2D eigenvalue weighted by Crippen LogP contribution is 2.35. The van der Waals surface area contributed by atoms with Crippen LogP contribution in [-0.4, -0.2) is 34.7 Å². The molecule has 3 aromatic rings. The normalized spacial score (nSPS) is 20.0. The van der Waals surface area contributed by atoms with Gasteiger partial charge in [0.25, 0.3) is 5.56 Å². The Kier molecular flexibility index (Phi) is 6.44. The van der Waals surface area contributed by atoms with Crippen LogP contribution < -0.4 is 15.0 Å². The number of halogens is 1. The predicted octanol–water partition coefficient (Wildman–Crippen LogP) is 4.95. The third kappa shape index (κ3) is 5.11. The van der Waals surface area contributed by atoms with E-state index in [2.05, 4.69) is 4.90 Å². The Bertz CT molecular complexity index is 1110. The number of hydrogen-bond acceptors (Lipinski definition) is 4. The van der Waals surface area contributed by atoms with Crippen LogP contribution in [0.3, 0.4) is 0 Å². The van der Waals surface area contributed by atoms with Crippen molar-refractivity contribution < 1.29 is 13.9 Å². The molecule has 2 aliphatic heterocycles. The second kappa shape index (κ2) is 9.79. The maximum Gasteiger partial charge on any atom is 0.258 e. The molecule has 2 atom stereocenters. The molecule has 2 saturated heterocycles. The average molecular weight is 449 g/mol. The number of hydrogen-bond donors (Lipinski definition) is 0. The largest absolute Gasteiger partial charge is 0.492 e. The van der Waals surface area contributed by atoms with E-state index in [4.69, 9.17) is 9.47 Å². The van der Waals surface area contributed by atoms with Gasteiger partial charge in [-0.15, -0.1) is 0 Å². The first-order valence-electron chi connectivity index (χ1n) is 11.7. The summed E-state index contributed by atoms with van der Waals surface area (Å²) in [4.78, 5) is 15.2. The van der Waals surface area contributed by atoms with Crippen LogP contribution in [-0.2, 0) is 6.61 Å².